The van der Waals surface area contributed by atoms with Crippen molar-refractivity contribution in [3.05, 3.63) is 58.0 Å². The molecule has 0 bridgehead atoms. The predicted molar refractivity (Wildman–Crippen MR) is 124 cm³/mol. The number of carbonyl (C=O) groups is 1. The number of aryl methyl sites for hydroxylation is 4. The molecule has 0 radical (unpaired) electrons. The lowest BCUT2D eigenvalue weighted by Crippen LogP contribution is -2.32. The lowest BCUT2D eigenvalue weighted by molar-refractivity contribution is -0.120. The SMILES string of the molecule is Cc1cc2ncc(CCCNC(=O)CCNS(=O)(=O)c3c(C)c(C)cc(C)c3C)cn2n1. The van der Waals surface area contributed by atoms with Crippen LogP contribution in [0.25, 0.3) is 5.65 Å². The maximum Gasteiger partial charge on any atom is 0.241 e. The molecular weight excluding hydrogens is 426 g/mol. The van der Waals surface area contributed by atoms with Crippen molar-refractivity contribution in [1.82, 2.24) is 24.6 Å². The second kappa shape index (κ2) is 9.79. The van der Waals surface area contributed by atoms with E-state index in [4.69, 9.17) is 0 Å². The summed E-state index contributed by atoms with van der Waals surface area (Å²) in [6, 6.07) is 3.91. The zero-order valence-electron chi connectivity index (χ0n) is 19.3. The molecule has 0 aliphatic rings. The molecule has 32 heavy (non-hydrogen) atoms. The largest absolute Gasteiger partial charge is 0.356 e. The second-order valence-corrected chi connectivity index (χ2v) is 9.95. The molecule has 9 heteroatoms. The van der Waals surface area contributed by atoms with Crippen molar-refractivity contribution in [2.24, 2.45) is 0 Å². The molecule has 0 aliphatic carbocycles. The van der Waals surface area contributed by atoms with E-state index in [1.54, 1.807) is 4.52 Å². The minimum absolute atomic E-state index is 0.0548. The molecule has 2 N–H and O–H groups in total. The van der Waals surface area contributed by atoms with Gasteiger partial charge in [-0.25, -0.2) is 22.6 Å². The van der Waals surface area contributed by atoms with Crippen molar-refractivity contribution >= 4 is 21.6 Å². The summed E-state index contributed by atoms with van der Waals surface area (Å²) in [6.07, 6.45) is 5.38. The van der Waals surface area contributed by atoms with Gasteiger partial charge < -0.3 is 5.32 Å². The number of amides is 1. The first-order valence-electron chi connectivity index (χ1n) is 10.7. The van der Waals surface area contributed by atoms with Crippen molar-refractivity contribution in [2.45, 2.75) is 58.8 Å². The third-order valence-electron chi connectivity index (χ3n) is 5.66. The Kier molecular flexibility index (Phi) is 7.30. The van der Waals surface area contributed by atoms with Crippen LogP contribution < -0.4 is 10.0 Å². The summed E-state index contributed by atoms with van der Waals surface area (Å²) in [4.78, 5) is 16.8. The molecule has 0 saturated carbocycles. The Balaban J connectivity index is 1.45. The number of fused-ring (bicyclic) bond motifs is 1. The summed E-state index contributed by atoms with van der Waals surface area (Å²) in [5.41, 5.74) is 6.12. The van der Waals surface area contributed by atoms with Gasteiger partial charge >= 0.3 is 0 Å². The number of rotatable bonds is 9. The van der Waals surface area contributed by atoms with E-state index in [-0.39, 0.29) is 18.9 Å². The molecule has 0 spiro atoms. The van der Waals surface area contributed by atoms with E-state index < -0.39 is 10.0 Å². The minimum Gasteiger partial charge on any atom is -0.356 e. The first kappa shape index (κ1) is 23.9. The number of hydrogen-bond acceptors (Lipinski definition) is 5. The van der Waals surface area contributed by atoms with Gasteiger partial charge in [0.15, 0.2) is 5.65 Å². The highest BCUT2D eigenvalue weighted by Crippen LogP contribution is 2.25. The Morgan fingerprint density at radius 2 is 1.72 bits per heavy atom. The number of nitrogens with one attached hydrogen (secondary N) is 2. The van der Waals surface area contributed by atoms with Gasteiger partial charge in [-0.1, -0.05) is 6.07 Å². The van der Waals surface area contributed by atoms with Crippen LogP contribution >= 0.6 is 0 Å². The van der Waals surface area contributed by atoms with Gasteiger partial charge in [0.05, 0.1) is 10.6 Å². The van der Waals surface area contributed by atoms with Gasteiger partial charge in [-0.2, -0.15) is 5.10 Å². The van der Waals surface area contributed by atoms with Crippen LogP contribution in [-0.2, 0) is 21.2 Å². The number of carbonyl (C=O) groups excluding carboxylic acids is 1. The van der Waals surface area contributed by atoms with Crippen LogP contribution in [0.15, 0.2) is 29.4 Å². The molecule has 2 aromatic heterocycles. The fraction of sp³-hybridized carbons (Fsp3) is 0.435. The molecule has 0 unspecified atom stereocenters. The number of benzene rings is 1. The molecule has 2 heterocycles. The van der Waals surface area contributed by atoms with E-state index in [0.717, 1.165) is 52.0 Å². The van der Waals surface area contributed by atoms with Gasteiger partial charge in [-0.15, -0.1) is 0 Å². The fourth-order valence-electron chi connectivity index (χ4n) is 3.73. The van der Waals surface area contributed by atoms with Crippen molar-refractivity contribution in [3.8, 4) is 0 Å². The quantitative estimate of drug-likeness (QED) is 0.481. The number of hydrogen-bond donors (Lipinski definition) is 2. The maximum atomic E-state index is 12.8. The molecule has 0 saturated heterocycles. The van der Waals surface area contributed by atoms with E-state index in [1.165, 1.54) is 0 Å². The number of sulfonamides is 1. The molecule has 0 aliphatic heterocycles. The lowest BCUT2D eigenvalue weighted by atomic mass is 10.0. The standard InChI is InChI=1S/C23H31N5O3S/c1-15-11-16(2)19(5)23(18(15)4)32(30,31)26-10-8-22(29)24-9-6-7-20-13-25-21-12-17(3)27-28(21)14-20/h11-14,26H,6-10H2,1-5H3,(H,24,29). The summed E-state index contributed by atoms with van der Waals surface area (Å²) in [6.45, 7) is 9.91. The first-order valence-corrected chi connectivity index (χ1v) is 12.2. The van der Waals surface area contributed by atoms with E-state index >= 15 is 0 Å². The van der Waals surface area contributed by atoms with Gasteiger partial charge in [0.1, 0.15) is 0 Å². The third kappa shape index (κ3) is 5.52. The molecule has 8 nitrogen and oxygen atoms in total. The number of nitrogens with zero attached hydrogens (tertiary/aromatic N) is 3. The number of aromatic nitrogens is 3. The van der Waals surface area contributed by atoms with Gasteiger partial charge in [-0.05, 0) is 75.3 Å². The van der Waals surface area contributed by atoms with Gasteiger partial charge in [0.2, 0.25) is 15.9 Å². The predicted octanol–water partition coefficient (Wildman–Crippen LogP) is 2.69. The Morgan fingerprint density at radius 1 is 1.03 bits per heavy atom. The summed E-state index contributed by atoms with van der Waals surface area (Å²) in [5, 5.41) is 7.20. The molecule has 3 aromatic rings. The van der Waals surface area contributed by atoms with Crippen LogP contribution in [0.5, 0.6) is 0 Å². The van der Waals surface area contributed by atoms with E-state index in [2.05, 4.69) is 20.1 Å². The van der Waals surface area contributed by atoms with Crippen molar-refractivity contribution in [3.63, 3.8) is 0 Å². The molecular formula is C23H31N5O3S. The molecule has 1 aromatic carbocycles. The normalized spacial score (nSPS) is 11.8. The maximum absolute atomic E-state index is 12.8. The molecule has 0 fully saturated rings. The lowest BCUT2D eigenvalue weighted by Gasteiger charge is -2.16. The molecule has 1 amide bonds. The smallest absolute Gasteiger partial charge is 0.241 e. The van der Waals surface area contributed by atoms with E-state index in [0.29, 0.717) is 11.4 Å². The minimum atomic E-state index is -3.68. The topological polar surface area (TPSA) is 105 Å². The van der Waals surface area contributed by atoms with Crippen LogP contribution in [0.4, 0.5) is 0 Å². The van der Waals surface area contributed by atoms with Crippen LogP contribution in [0.3, 0.4) is 0 Å². The molecule has 0 atom stereocenters. The zero-order chi connectivity index (χ0) is 23.5. The highest BCUT2D eigenvalue weighted by atomic mass is 32.2. The molecule has 3 rings (SSSR count). The van der Waals surface area contributed by atoms with Crippen LogP contribution in [0.2, 0.25) is 0 Å². The van der Waals surface area contributed by atoms with Gasteiger partial charge in [-0.3, -0.25) is 4.79 Å². The fourth-order valence-corrected chi connectivity index (χ4v) is 5.37. The summed E-state index contributed by atoms with van der Waals surface area (Å²) >= 11 is 0. The zero-order valence-corrected chi connectivity index (χ0v) is 20.1. The Bertz CT molecular complexity index is 1220. The Morgan fingerprint density at radius 3 is 2.41 bits per heavy atom. The average Bonchev–Trinajstić information content (AvgIpc) is 3.09. The Hall–Kier alpha value is -2.78. The van der Waals surface area contributed by atoms with Crippen LogP contribution in [0.1, 0.15) is 46.4 Å². The van der Waals surface area contributed by atoms with E-state index in [1.807, 2.05) is 59.1 Å². The van der Waals surface area contributed by atoms with E-state index in [9.17, 15) is 13.2 Å². The Labute approximate surface area is 189 Å². The second-order valence-electron chi connectivity index (χ2n) is 8.24. The summed E-state index contributed by atoms with van der Waals surface area (Å²) in [7, 11) is -3.68. The molecule has 172 valence electrons. The van der Waals surface area contributed by atoms with Gasteiger partial charge in [0, 0.05) is 38.0 Å². The summed E-state index contributed by atoms with van der Waals surface area (Å²) in [5.74, 6) is -0.183. The van der Waals surface area contributed by atoms with Crippen molar-refractivity contribution in [2.75, 3.05) is 13.1 Å². The highest BCUT2D eigenvalue weighted by molar-refractivity contribution is 7.89. The van der Waals surface area contributed by atoms with Crippen LogP contribution in [0, 0.1) is 34.6 Å². The highest BCUT2D eigenvalue weighted by Gasteiger charge is 2.21. The van der Waals surface area contributed by atoms with Crippen molar-refractivity contribution < 1.29 is 13.2 Å². The monoisotopic (exact) mass is 457 g/mol. The first-order chi connectivity index (χ1) is 15.1. The summed E-state index contributed by atoms with van der Waals surface area (Å²) < 4.78 is 30.0. The van der Waals surface area contributed by atoms with Crippen molar-refractivity contribution in [1.29, 1.82) is 0 Å². The van der Waals surface area contributed by atoms with Gasteiger partial charge in [0.25, 0.3) is 0 Å². The van der Waals surface area contributed by atoms with Crippen LogP contribution in [-0.4, -0.2) is 42.0 Å². The third-order valence-corrected chi connectivity index (χ3v) is 7.40. The average molecular weight is 458 g/mol.